The van der Waals surface area contributed by atoms with Gasteiger partial charge >= 0.3 is 0 Å². The van der Waals surface area contributed by atoms with Crippen LogP contribution in [0.5, 0.6) is 0 Å². The summed E-state index contributed by atoms with van der Waals surface area (Å²) in [7, 11) is 0. The predicted octanol–water partition coefficient (Wildman–Crippen LogP) is 3.10. The van der Waals surface area contributed by atoms with Crippen molar-refractivity contribution in [2.24, 2.45) is 5.92 Å². The average Bonchev–Trinajstić information content (AvgIpc) is 3.08. The third-order valence-corrected chi connectivity index (χ3v) is 4.99. The highest BCUT2D eigenvalue weighted by Crippen LogP contribution is 2.31. The minimum Gasteiger partial charge on any atom is -0.314 e. The molecule has 1 aromatic rings. The Labute approximate surface area is 114 Å². The zero-order valence-electron chi connectivity index (χ0n) is 11.3. The first-order valence-corrected chi connectivity index (χ1v) is 8.24. The summed E-state index contributed by atoms with van der Waals surface area (Å²) in [5.74, 6) is 0.903. The first kappa shape index (κ1) is 12.6. The van der Waals surface area contributed by atoms with E-state index in [1.54, 1.807) is 0 Å². The smallest absolute Gasteiger partial charge is 0.0245 e. The van der Waals surface area contributed by atoms with Crippen LogP contribution in [-0.4, -0.2) is 30.1 Å². The molecule has 100 valence electrons. The van der Waals surface area contributed by atoms with E-state index in [2.05, 4.69) is 34.0 Å². The van der Waals surface area contributed by atoms with Gasteiger partial charge in [-0.15, -0.1) is 0 Å². The Kier molecular flexibility index (Phi) is 4.02. The van der Waals surface area contributed by atoms with Crippen molar-refractivity contribution in [3.8, 4) is 0 Å². The Balaban J connectivity index is 1.56. The molecule has 2 aliphatic rings. The van der Waals surface area contributed by atoms with Crippen molar-refractivity contribution in [2.75, 3.05) is 13.1 Å². The van der Waals surface area contributed by atoms with Gasteiger partial charge in [-0.05, 0) is 67.5 Å². The van der Waals surface area contributed by atoms with Crippen LogP contribution in [0, 0.1) is 5.92 Å². The maximum absolute atomic E-state index is 3.56. The number of nitrogens with one attached hydrogen (secondary N) is 1. The molecule has 0 spiro atoms. The van der Waals surface area contributed by atoms with Gasteiger partial charge in [-0.1, -0.05) is 0 Å². The number of nitrogens with zero attached hydrogens (tertiary/aromatic N) is 1. The summed E-state index contributed by atoms with van der Waals surface area (Å²) in [6.45, 7) is 6.02. The number of hydrogen-bond acceptors (Lipinski definition) is 3. The Morgan fingerprint density at radius 1 is 1.39 bits per heavy atom. The van der Waals surface area contributed by atoms with Gasteiger partial charge < -0.3 is 5.32 Å². The van der Waals surface area contributed by atoms with E-state index in [1.807, 2.05) is 11.3 Å². The molecule has 2 nitrogen and oxygen atoms in total. The van der Waals surface area contributed by atoms with E-state index in [-0.39, 0.29) is 0 Å². The Bertz CT molecular complexity index is 359. The van der Waals surface area contributed by atoms with Gasteiger partial charge in [0, 0.05) is 25.2 Å². The standard InChI is InChI=1S/C15H24N2S/c1-12-8-13(4-6-16-12)9-17(15-2-3-15)10-14-5-7-18-11-14/h5,7,11-13,15-16H,2-4,6,8-10H2,1H3. The van der Waals surface area contributed by atoms with Gasteiger partial charge in [0.2, 0.25) is 0 Å². The van der Waals surface area contributed by atoms with Crippen molar-refractivity contribution in [1.29, 1.82) is 0 Å². The molecule has 1 N–H and O–H groups in total. The fourth-order valence-corrected chi connectivity index (χ4v) is 3.79. The zero-order chi connectivity index (χ0) is 12.4. The van der Waals surface area contributed by atoms with Gasteiger partial charge in [0.25, 0.3) is 0 Å². The van der Waals surface area contributed by atoms with E-state index in [4.69, 9.17) is 0 Å². The highest BCUT2D eigenvalue weighted by molar-refractivity contribution is 7.07. The highest BCUT2D eigenvalue weighted by atomic mass is 32.1. The molecule has 1 aromatic heterocycles. The molecule has 3 rings (SSSR count). The Morgan fingerprint density at radius 2 is 2.28 bits per heavy atom. The molecule has 3 heteroatoms. The van der Waals surface area contributed by atoms with Crippen molar-refractivity contribution in [2.45, 2.75) is 51.2 Å². The number of hydrogen-bond donors (Lipinski definition) is 1. The van der Waals surface area contributed by atoms with Gasteiger partial charge in [0.1, 0.15) is 0 Å². The second-order valence-corrected chi connectivity index (χ2v) is 6.82. The lowest BCUT2D eigenvalue weighted by Gasteiger charge is -2.32. The zero-order valence-corrected chi connectivity index (χ0v) is 12.1. The maximum atomic E-state index is 3.56. The summed E-state index contributed by atoms with van der Waals surface area (Å²) in [6, 6.07) is 3.88. The molecule has 2 fully saturated rings. The largest absolute Gasteiger partial charge is 0.314 e. The molecule has 18 heavy (non-hydrogen) atoms. The van der Waals surface area contributed by atoms with Crippen LogP contribution in [-0.2, 0) is 6.54 Å². The van der Waals surface area contributed by atoms with Crippen LogP contribution in [0.25, 0.3) is 0 Å². The minimum absolute atomic E-state index is 0.714. The summed E-state index contributed by atoms with van der Waals surface area (Å²) in [5.41, 5.74) is 1.51. The van der Waals surface area contributed by atoms with E-state index in [1.165, 1.54) is 50.9 Å². The summed E-state index contributed by atoms with van der Waals surface area (Å²) in [4.78, 5) is 2.74. The van der Waals surface area contributed by atoms with Crippen LogP contribution < -0.4 is 5.32 Å². The molecule has 1 aliphatic heterocycles. The van der Waals surface area contributed by atoms with Gasteiger partial charge in [-0.3, -0.25) is 4.90 Å². The first-order chi connectivity index (χ1) is 8.81. The summed E-state index contributed by atoms with van der Waals surface area (Å²) >= 11 is 1.82. The normalized spacial score (nSPS) is 28.8. The number of piperidine rings is 1. The second-order valence-electron chi connectivity index (χ2n) is 6.04. The average molecular weight is 264 g/mol. The third-order valence-electron chi connectivity index (χ3n) is 4.25. The van der Waals surface area contributed by atoms with Crippen molar-refractivity contribution < 1.29 is 0 Å². The van der Waals surface area contributed by atoms with Gasteiger partial charge in [-0.25, -0.2) is 0 Å². The van der Waals surface area contributed by atoms with Crippen molar-refractivity contribution in [3.63, 3.8) is 0 Å². The summed E-state index contributed by atoms with van der Waals surface area (Å²) < 4.78 is 0. The van der Waals surface area contributed by atoms with E-state index < -0.39 is 0 Å². The lowest BCUT2D eigenvalue weighted by Crippen LogP contribution is -2.41. The lowest BCUT2D eigenvalue weighted by atomic mass is 9.92. The fourth-order valence-electron chi connectivity index (χ4n) is 3.13. The van der Waals surface area contributed by atoms with Crippen LogP contribution in [0.15, 0.2) is 16.8 Å². The first-order valence-electron chi connectivity index (χ1n) is 7.30. The monoisotopic (exact) mass is 264 g/mol. The molecule has 2 heterocycles. The SMILES string of the molecule is CC1CC(CN(Cc2ccsc2)C2CC2)CCN1. The van der Waals surface area contributed by atoms with Crippen LogP contribution in [0.4, 0.5) is 0 Å². The predicted molar refractivity (Wildman–Crippen MR) is 77.9 cm³/mol. The summed E-state index contributed by atoms with van der Waals surface area (Å²) in [6.07, 6.45) is 5.55. The molecule has 1 saturated carbocycles. The summed E-state index contributed by atoms with van der Waals surface area (Å²) in [5, 5.41) is 8.07. The molecule has 2 atom stereocenters. The molecule has 2 unspecified atom stereocenters. The van der Waals surface area contributed by atoms with E-state index in [9.17, 15) is 0 Å². The minimum atomic E-state index is 0.714. The lowest BCUT2D eigenvalue weighted by molar-refractivity contribution is 0.178. The molecule has 0 radical (unpaired) electrons. The van der Waals surface area contributed by atoms with Crippen molar-refractivity contribution in [3.05, 3.63) is 22.4 Å². The topological polar surface area (TPSA) is 15.3 Å². The molecular weight excluding hydrogens is 240 g/mol. The van der Waals surface area contributed by atoms with Crippen LogP contribution in [0.1, 0.15) is 38.2 Å². The van der Waals surface area contributed by atoms with Crippen LogP contribution >= 0.6 is 11.3 Å². The van der Waals surface area contributed by atoms with Crippen molar-refractivity contribution in [1.82, 2.24) is 10.2 Å². The van der Waals surface area contributed by atoms with Crippen LogP contribution in [0.2, 0.25) is 0 Å². The van der Waals surface area contributed by atoms with Crippen LogP contribution in [0.3, 0.4) is 0 Å². The van der Waals surface area contributed by atoms with E-state index in [0.29, 0.717) is 6.04 Å². The van der Waals surface area contributed by atoms with E-state index in [0.717, 1.165) is 12.0 Å². The third kappa shape index (κ3) is 3.34. The second kappa shape index (κ2) is 5.72. The Morgan fingerprint density at radius 3 is 2.94 bits per heavy atom. The molecule has 1 aliphatic carbocycles. The number of rotatable bonds is 5. The molecule has 0 amide bonds. The molecule has 0 bridgehead atoms. The maximum Gasteiger partial charge on any atom is 0.0245 e. The van der Waals surface area contributed by atoms with Gasteiger partial charge in [0.05, 0.1) is 0 Å². The molecule has 1 saturated heterocycles. The molecular formula is C15H24N2S. The van der Waals surface area contributed by atoms with Gasteiger partial charge in [0.15, 0.2) is 0 Å². The Hall–Kier alpha value is -0.380. The highest BCUT2D eigenvalue weighted by Gasteiger charge is 2.31. The number of thiophene rings is 1. The molecule has 0 aromatic carbocycles. The fraction of sp³-hybridized carbons (Fsp3) is 0.733. The van der Waals surface area contributed by atoms with E-state index >= 15 is 0 Å². The van der Waals surface area contributed by atoms with Gasteiger partial charge in [-0.2, -0.15) is 11.3 Å². The van der Waals surface area contributed by atoms with Crippen molar-refractivity contribution >= 4 is 11.3 Å². The quantitative estimate of drug-likeness (QED) is 0.879.